The number of hydrogen-bond acceptors (Lipinski definition) is 15. The summed E-state index contributed by atoms with van der Waals surface area (Å²) in [6.45, 7) is 12.1. The Hall–Kier alpha value is -1.94. The SMILES string of the molecule is CCCCCCCCCCCCC(=O)OC[C@H](COP(=O)(O)OC[C@H](O)COP(=O)(O)OC[C@@H](COC(=O)CCCCCCCCCCCCCCCCC(C)CC)OC(=O)CCCCCCCCCCCCCCCCCCCCC(C)CC)OC(=O)CCCCCCCCCCC(C)CC. The lowest BCUT2D eigenvalue weighted by Crippen LogP contribution is -2.30. The highest BCUT2D eigenvalue weighted by Gasteiger charge is 2.30. The first kappa shape index (κ1) is 100. The Morgan fingerprint density at radius 1 is 0.275 bits per heavy atom. The zero-order valence-electron chi connectivity index (χ0n) is 67.1. The number of carbonyl (C=O) groups is 4. The smallest absolute Gasteiger partial charge is 0.462 e. The molecule has 0 saturated heterocycles. The minimum Gasteiger partial charge on any atom is -0.462 e. The van der Waals surface area contributed by atoms with E-state index in [9.17, 15) is 43.2 Å². The molecule has 5 unspecified atom stereocenters. The summed E-state index contributed by atoms with van der Waals surface area (Å²) in [4.78, 5) is 73.0. The van der Waals surface area contributed by atoms with Crippen molar-refractivity contribution in [1.82, 2.24) is 0 Å². The molecule has 17 nitrogen and oxygen atoms in total. The summed E-state index contributed by atoms with van der Waals surface area (Å²) in [5.74, 6) is 0.380. The number of rotatable bonds is 81. The number of esters is 4. The number of aliphatic hydroxyl groups is 1. The highest BCUT2D eigenvalue weighted by Crippen LogP contribution is 2.45. The molecule has 606 valence electrons. The van der Waals surface area contributed by atoms with Gasteiger partial charge in [-0.05, 0) is 43.4 Å². The molecule has 0 amide bonds. The third-order valence-corrected chi connectivity index (χ3v) is 22.4. The molecule has 0 fully saturated rings. The lowest BCUT2D eigenvalue weighted by Gasteiger charge is -2.21. The molecule has 0 aromatic rings. The number of carbonyl (C=O) groups excluding carboxylic acids is 4. The van der Waals surface area contributed by atoms with E-state index in [2.05, 4.69) is 48.5 Å². The Bertz CT molecular complexity index is 1980. The Labute approximate surface area is 626 Å². The van der Waals surface area contributed by atoms with E-state index in [0.29, 0.717) is 25.7 Å². The van der Waals surface area contributed by atoms with E-state index in [1.54, 1.807) is 0 Å². The summed E-state index contributed by atoms with van der Waals surface area (Å²) in [6, 6.07) is 0. The van der Waals surface area contributed by atoms with Crippen LogP contribution in [0.2, 0.25) is 0 Å². The summed E-state index contributed by atoms with van der Waals surface area (Å²) < 4.78 is 68.7. The Morgan fingerprint density at radius 3 is 0.696 bits per heavy atom. The summed E-state index contributed by atoms with van der Waals surface area (Å²) in [6.07, 6.45) is 62.3. The largest absolute Gasteiger partial charge is 0.472 e. The quantitative estimate of drug-likeness (QED) is 0.0222. The van der Waals surface area contributed by atoms with Crippen molar-refractivity contribution < 1.29 is 80.2 Å². The third-order valence-electron chi connectivity index (χ3n) is 20.5. The van der Waals surface area contributed by atoms with E-state index < -0.39 is 97.5 Å². The number of aliphatic hydroxyl groups excluding tert-OH is 1. The van der Waals surface area contributed by atoms with Crippen LogP contribution in [-0.2, 0) is 65.4 Å². The van der Waals surface area contributed by atoms with Gasteiger partial charge < -0.3 is 33.8 Å². The van der Waals surface area contributed by atoms with Gasteiger partial charge in [0.15, 0.2) is 12.2 Å². The maximum absolute atomic E-state index is 13.1. The van der Waals surface area contributed by atoms with Gasteiger partial charge in [-0.3, -0.25) is 37.3 Å². The molecule has 0 radical (unpaired) electrons. The zero-order valence-corrected chi connectivity index (χ0v) is 68.9. The number of phosphoric acid groups is 2. The van der Waals surface area contributed by atoms with Crippen molar-refractivity contribution in [3.63, 3.8) is 0 Å². The van der Waals surface area contributed by atoms with Crippen LogP contribution in [0, 0.1) is 17.8 Å². The minimum absolute atomic E-state index is 0.105. The number of hydrogen-bond donors (Lipinski definition) is 3. The molecule has 0 aromatic heterocycles. The molecule has 0 aliphatic heterocycles. The number of phosphoric ester groups is 2. The lowest BCUT2D eigenvalue weighted by atomic mass is 9.99. The van der Waals surface area contributed by atoms with E-state index in [1.807, 2.05) is 0 Å². The van der Waals surface area contributed by atoms with Crippen LogP contribution in [0.3, 0.4) is 0 Å². The van der Waals surface area contributed by atoms with Gasteiger partial charge in [-0.25, -0.2) is 9.13 Å². The maximum Gasteiger partial charge on any atom is 0.472 e. The van der Waals surface area contributed by atoms with Crippen molar-refractivity contribution in [1.29, 1.82) is 0 Å². The standard InChI is InChI=1S/C83H162O17P2/c1-8-12-13-14-15-16-35-43-50-57-64-80(85)93-71-79(100-83(88)67-60-53-46-39-38-42-49-56-63-76(7)11-4)73-98-102(91,92)96-69-77(84)68-95-101(89,90)97-72-78(70-94-81(86)65-58-51-44-36-31-27-24-23-26-30-34-41-48-55-62-75(6)10-3)99-82(87)66-59-52-45-37-32-28-22-20-18-17-19-21-25-29-33-40-47-54-61-74(5)9-2/h74-79,84H,8-73H2,1-7H3,(H,89,90)(H,91,92)/t74?,75?,76?,77-,78-,79-/m1/s1. The van der Waals surface area contributed by atoms with Crippen LogP contribution in [0.15, 0.2) is 0 Å². The van der Waals surface area contributed by atoms with Gasteiger partial charge in [0, 0.05) is 25.7 Å². The molecular formula is C83H162O17P2. The van der Waals surface area contributed by atoms with Crippen LogP contribution < -0.4 is 0 Å². The molecule has 0 spiro atoms. The van der Waals surface area contributed by atoms with Crippen LogP contribution in [0.4, 0.5) is 0 Å². The topological polar surface area (TPSA) is 237 Å². The first-order valence-corrected chi connectivity index (χ1v) is 46.0. The second-order valence-electron chi connectivity index (χ2n) is 30.6. The molecule has 0 bridgehead atoms. The highest BCUT2D eigenvalue weighted by molar-refractivity contribution is 7.47. The molecule has 8 atom stereocenters. The fourth-order valence-electron chi connectivity index (χ4n) is 12.7. The summed E-state index contributed by atoms with van der Waals surface area (Å²) in [7, 11) is -9.92. The van der Waals surface area contributed by atoms with E-state index in [0.717, 1.165) is 108 Å². The average molecular weight is 1490 g/mol. The van der Waals surface area contributed by atoms with Crippen LogP contribution in [-0.4, -0.2) is 96.7 Å². The van der Waals surface area contributed by atoms with Gasteiger partial charge in [0.2, 0.25) is 0 Å². The predicted molar refractivity (Wildman–Crippen MR) is 418 cm³/mol. The molecule has 102 heavy (non-hydrogen) atoms. The Balaban J connectivity index is 5.22. The van der Waals surface area contributed by atoms with Crippen LogP contribution in [0.5, 0.6) is 0 Å². The Morgan fingerprint density at radius 2 is 0.471 bits per heavy atom. The zero-order chi connectivity index (χ0) is 75.1. The van der Waals surface area contributed by atoms with Gasteiger partial charge in [-0.2, -0.15) is 0 Å². The van der Waals surface area contributed by atoms with Gasteiger partial charge in [0.25, 0.3) is 0 Å². The van der Waals surface area contributed by atoms with Crippen molar-refractivity contribution in [3.05, 3.63) is 0 Å². The summed E-state index contributed by atoms with van der Waals surface area (Å²) in [5, 5.41) is 10.6. The van der Waals surface area contributed by atoms with E-state index in [4.69, 9.17) is 37.0 Å². The van der Waals surface area contributed by atoms with Crippen molar-refractivity contribution in [2.75, 3.05) is 39.6 Å². The summed E-state index contributed by atoms with van der Waals surface area (Å²) >= 11 is 0. The molecule has 0 aliphatic carbocycles. The molecule has 0 aromatic carbocycles. The van der Waals surface area contributed by atoms with Crippen LogP contribution >= 0.6 is 15.6 Å². The molecular weight excluding hydrogens is 1330 g/mol. The van der Waals surface area contributed by atoms with Crippen molar-refractivity contribution >= 4 is 39.5 Å². The van der Waals surface area contributed by atoms with Crippen molar-refractivity contribution in [3.8, 4) is 0 Å². The van der Waals surface area contributed by atoms with E-state index in [1.165, 1.54) is 244 Å². The molecule has 0 saturated carbocycles. The van der Waals surface area contributed by atoms with Gasteiger partial charge in [-0.1, -0.05) is 382 Å². The van der Waals surface area contributed by atoms with Crippen molar-refractivity contribution in [2.45, 2.75) is 452 Å². The minimum atomic E-state index is -4.96. The molecule has 19 heteroatoms. The van der Waals surface area contributed by atoms with Gasteiger partial charge in [-0.15, -0.1) is 0 Å². The fourth-order valence-corrected chi connectivity index (χ4v) is 14.3. The average Bonchev–Trinajstić information content (AvgIpc) is 0.934. The predicted octanol–water partition coefficient (Wildman–Crippen LogP) is 24.9. The number of unbranched alkanes of at least 4 members (excludes halogenated alkanes) is 46. The second kappa shape index (κ2) is 73.2. The summed E-state index contributed by atoms with van der Waals surface area (Å²) in [5.41, 5.74) is 0. The van der Waals surface area contributed by atoms with E-state index in [-0.39, 0.29) is 25.7 Å². The second-order valence-corrected chi connectivity index (χ2v) is 33.5. The van der Waals surface area contributed by atoms with Gasteiger partial charge in [0.1, 0.15) is 19.3 Å². The third kappa shape index (κ3) is 72.3. The fraction of sp³-hybridized carbons (Fsp3) is 0.952. The Kier molecular flexibility index (Phi) is 71.8. The maximum atomic E-state index is 13.1. The van der Waals surface area contributed by atoms with Gasteiger partial charge in [0.05, 0.1) is 26.4 Å². The molecule has 0 aliphatic rings. The van der Waals surface area contributed by atoms with Gasteiger partial charge >= 0.3 is 39.5 Å². The first-order chi connectivity index (χ1) is 49.3. The molecule has 0 heterocycles. The highest BCUT2D eigenvalue weighted by atomic mass is 31.2. The van der Waals surface area contributed by atoms with E-state index >= 15 is 0 Å². The van der Waals surface area contributed by atoms with Crippen molar-refractivity contribution in [2.24, 2.45) is 17.8 Å². The number of ether oxygens (including phenoxy) is 4. The lowest BCUT2D eigenvalue weighted by molar-refractivity contribution is -0.161. The van der Waals surface area contributed by atoms with Crippen LogP contribution in [0.1, 0.15) is 434 Å². The monoisotopic (exact) mass is 1490 g/mol. The molecule has 3 N–H and O–H groups in total. The molecule has 0 rings (SSSR count). The normalized spacial score (nSPS) is 14.7. The first-order valence-electron chi connectivity index (χ1n) is 43.0. The van der Waals surface area contributed by atoms with Crippen LogP contribution in [0.25, 0.3) is 0 Å².